The predicted molar refractivity (Wildman–Crippen MR) is 165 cm³/mol. The average molecular weight is 612 g/mol. The van der Waals surface area contributed by atoms with Gasteiger partial charge in [-0.2, -0.15) is 0 Å². The number of aliphatic hydroxyl groups excluding tert-OH is 1. The van der Waals surface area contributed by atoms with Gasteiger partial charge in [0.15, 0.2) is 0 Å². The van der Waals surface area contributed by atoms with E-state index in [9.17, 15) is 14.7 Å². The third kappa shape index (κ3) is 6.31. The minimum Gasteiger partial charge on any atom is -0.444 e. The van der Waals surface area contributed by atoms with E-state index in [1.54, 1.807) is 29.2 Å². The Morgan fingerprint density at radius 1 is 1.19 bits per heavy atom. The van der Waals surface area contributed by atoms with Gasteiger partial charge in [0.2, 0.25) is 0 Å². The topological polar surface area (TPSA) is 108 Å². The second kappa shape index (κ2) is 12.5. The molecule has 4 heterocycles. The molecule has 2 aromatic heterocycles. The van der Waals surface area contributed by atoms with Crippen molar-refractivity contribution in [2.75, 3.05) is 29.9 Å². The monoisotopic (exact) mass is 611 g/mol. The van der Waals surface area contributed by atoms with Gasteiger partial charge in [-0.25, -0.2) is 19.2 Å². The molecular weight excluding hydrogens is 573 g/mol. The summed E-state index contributed by atoms with van der Waals surface area (Å²) in [7, 11) is 0. The van der Waals surface area contributed by atoms with Crippen LogP contribution in [0.1, 0.15) is 74.2 Å². The number of ether oxygens (including phenoxy) is 1. The van der Waals surface area contributed by atoms with E-state index in [4.69, 9.17) is 16.3 Å². The number of amides is 2. The molecule has 2 amide bonds. The number of nitrogens with zero attached hydrogens (tertiary/aromatic N) is 4. The van der Waals surface area contributed by atoms with Crippen LogP contribution in [0.4, 0.5) is 20.8 Å². The summed E-state index contributed by atoms with van der Waals surface area (Å²) in [5.41, 5.74) is 1.04. The first kappa shape index (κ1) is 32.2. The average Bonchev–Trinajstić information content (AvgIpc) is 2.94. The molecule has 1 atom stereocenters. The van der Waals surface area contributed by atoms with Crippen molar-refractivity contribution < 1.29 is 23.8 Å². The van der Waals surface area contributed by atoms with Gasteiger partial charge in [0.25, 0.3) is 5.91 Å². The molecule has 3 aromatic rings. The van der Waals surface area contributed by atoms with Gasteiger partial charge in [0.05, 0.1) is 23.2 Å². The van der Waals surface area contributed by atoms with Crippen LogP contribution in [0.5, 0.6) is 0 Å². The number of fused-ring (bicyclic) bond motifs is 1. The van der Waals surface area contributed by atoms with Crippen LogP contribution in [-0.4, -0.2) is 63.3 Å². The lowest BCUT2D eigenvalue weighted by molar-refractivity contribution is 0.0104. The summed E-state index contributed by atoms with van der Waals surface area (Å²) in [5.74, 6) is 0.0604. The van der Waals surface area contributed by atoms with E-state index in [0.717, 1.165) is 0 Å². The molecule has 43 heavy (non-hydrogen) atoms. The summed E-state index contributed by atoms with van der Waals surface area (Å²) >= 11 is 6.22. The fourth-order valence-corrected chi connectivity index (χ4v) is 5.66. The molecule has 0 aliphatic carbocycles. The van der Waals surface area contributed by atoms with Crippen molar-refractivity contribution >= 4 is 35.2 Å². The molecule has 230 valence electrons. The Morgan fingerprint density at radius 3 is 2.49 bits per heavy atom. The standard InChI is InChI=1S/C30H33ClFN5O4.C2H6/c1-17-24-20(12-34-26(17)35-19-13-36(14-19)28(40)41-29(2,3)4)27(39)37(23-10-9-18(15-38)11-33-23)16-30(24,5)21-7-6-8-22(31)25(21)32;1-2/h6-12,19,38H,13-16H2,1-5H3,(H,34,35);1-2H3/t30-;/m1./s1. The van der Waals surface area contributed by atoms with E-state index in [0.29, 0.717) is 52.5 Å². The van der Waals surface area contributed by atoms with Crippen molar-refractivity contribution in [1.29, 1.82) is 0 Å². The number of rotatable bonds is 5. The van der Waals surface area contributed by atoms with E-state index in [1.165, 1.54) is 23.4 Å². The van der Waals surface area contributed by atoms with Crippen molar-refractivity contribution in [1.82, 2.24) is 14.9 Å². The molecular formula is C32H39ClFN5O4. The molecule has 2 aliphatic heterocycles. The summed E-state index contributed by atoms with van der Waals surface area (Å²) in [6.07, 6.45) is 2.64. The van der Waals surface area contributed by atoms with Crippen molar-refractivity contribution in [3.8, 4) is 0 Å². The van der Waals surface area contributed by atoms with Crippen LogP contribution in [0.2, 0.25) is 5.02 Å². The minimum atomic E-state index is -1.01. The van der Waals surface area contributed by atoms with Crippen LogP contribution in [0, 0.1) is 12.7 Å². The normalized spacial score (nSPS) is 18.3. The Hall–Kier alpha value is -3.76. The fourth-order valence-electron chi connectivity index (χ4n) is 5.49. The first-order chi connectivity index (χ1) is 20.3. The highest BCUT2D eigenvalue weighted by atomic mass is 35.5. The van der Waals surface area contributed by atoms with Gasteiger partial charge in [-0.1, -0.05) is 43.6 Å². The number of pyridine rings is 2. The summed E-state index contributed by atoms with van der Waals surface area (Å²) < 4.78 is 21.1. The molecule has 0 saturated carbocycles. The summed E-state index contributed by atoms with van der Waals surface area (Å²) in [6, 6.07) is 8.15. The number of benzene rings is 1. The Bertz CT molecular complexity index is 1500. The highest BCUT2D eigenvalue weighted by Crippen LogP contribution is 2.45. The third-order valence-electron chi connectivity index (χ3n) is 7.51. The summed E-state index contributed by atoms with van der Waals surface area (Å²) in [6.45, 7) is 14.0. The molecule has 9 nitrogen and oxygen atoms in total. The number of anilines is 2. The van der Waals surface area contributed by atoms with Crippen LogP contribution < -0.4 is 10.2 Å². The van der Waals surface area contributed by atoms with E-state index >= 15 is 4.39 Å². The lowest BCUT2D eigenvalue weighted by Gasteiger charge is -2.43. The van der Waals surface area contributed by atoms with Crippen LogP contribution in [0.25, 0.3) is 0 Å². The smallest absolute Gasteiger partial charge is 0.410 e. The number of carbonyl (C=O) groups excluding carboxylic acids is 2. The number of halogens is 2. The zero-order chi connectivity index (χ0) is 31.7. The zero-order valence-electron chi connectivity index (χ0n) is 25.7. The largest absolute Gasteiger partial charge is 0.444 e. The van der Waals surface area contributed by atoms with Crippen LogP contribution in [0.3, 0.4) is 0 Å². The molecule has 11 heteroatoms. The van der Waals surface area contributed by atoms with E-state index in [2.05, 4.69) is 15.3 Å². The molecule has 1 saturated heterocycles. The van der Waals surface area contributed by atoms with Crippen LogP contribution in [-0.2, 0) is 16.8 Å². The number of aliphatic hydroxyl groups is 1. The summed E-state index contributed by atoms with van der Waals surface area (Å²) in [5, 5.41) is 12.8. The number of likely N-dealkylation sites (tertiary alicyclic amines) is 1. The Balaban J connectivity index is 0.00000207. The van der Waals surface area contributed by atoms with Crippen molar-refractivity contribution in [3.05, 3.63) is 81.4 Å². The Labute approximate surface area is 257 Å². The van der Waals surface area contributed by atoms with Gasteiger partial charge < -0.3 is 20.1 Å². The molecule has 0 radical (unpaired) electrons. The molecule has 1 fully saturated rings. The number of nitrogens with one attached hydrogen (secondary N) is 1. The molecule has 2 N–H and O–H groups in total. The number of hydrogen-bond acceptors (Lipinski definition) is 7. The first-order valence-electron chi connectivity index (χ1n) is 14.4. The summed E-state index contributed by atoms with van der Waals surface area (Å²) in [4.78, 5) is 38.3. The van der Waals surface area contributed by atoms with E-state index < -0.39 is 16.8 Å². The SMILES string of the molecule is CC.Cc1c(NC2CN(C(=O)OC(C)(C)C)C2)ncc2c1[C@@](C)(c1cccc(Cl)c1F)CN(c1ccc(CO)cn1)C2=O. The number of hydrogen-bond donors (Lipinski definition) is 2. The van der Waals surface area contributed by atoms with E-state index in [-0.39, 0.29) is 36.2 Å². The van der Waals surface area contributed by atoms with Crippen LogP contribution in [0.15, 0.2) is 42.7 Å². The second-order valence-corrected chi connectivity index (χ2v) is 12.2. The van der Waals surface area contributed by atoms with Gasteiger partial charge in [0.1, 0.15) is 23.1 Å². The van der Waals surface area contributed by atoms with E-state index in [1.807, 2.05) is 48.5 Å². The highest BCUT2D eigenvalue weighted by molar-refractivity contribution is 6.30. The van der Waals surface area contributed by atoms with Crippen molar-refractivity contribution in [2.45, 2.75) is 72.1 Å². The number of aromatic nitrogens is 2. The predicted octanol–water partition coefficient (Wildman–Crippen LogP) is 6.09. The van der Waals surface area contributed by atoms with Crippen molar-refractivity contribution in [2.24, 2.45) is 0 Å². The maximum atomic E-state index is 15.6. The molecule has 5 rings (SSSR count). The zero-order valence-corrected chi connectivity index (χ0v) is 26.4. The maximum absolute atomic E-state index is 15.6. The molecule has 0 spiro atoms. The van der Waals surface area contributed by atoms with Gasteiger partial charge in [0, 0.05) is 43.0 Å². The molecule has 2 aliphatic rings. The minimum absolute atomic E-state index is 0.0130. The lowest BCUT2D eigenvalue weighted by Crippen LogP contribution is -2.58. The third-order valence-corrected chi connectivity index (χ3v) is 7.80. The Morgan fingerprint density at radius 2 is 1.88 bits per heavy atom. The lowest BCUT2D eigenvalue weighted by atomic mass is 9.70. The van der Waals surface area contributed by atoms with Gasteiger partial charge in [-0.3, -0.25) is 9.69 Å². The fraction of sp³-hybridized carbons (Fsp3) is 0.438. The molecule has 0 unspecified atom stereocenters. The van der Waals surface area contributed by atoms with Crippen molar-refractivity contribution in [3.63, 3.8) is 0 Å². The van der Waals surface area contributed by atoms with Gasteiger partial charge >= 0.3 is 6.09 Å². The molecule has 1 aromatic carbocycles. The van der Waals surface area contributed by atoms with Crippen LogP contribution >= 0.6 is 11.6 Å². The quantitative estimate of drug-likeness (QED) is 0.359. The highest BCUT2D eigenvalue weighted by Gasteiger charge is 2.46. The Kier molecular flexibility index (Phi) is 9.32. The second-order valence-electron chi connectivity index (χ2n) is 11.8. The van der Waals surface area contributed by atoms with Gasteiger partial charge in [-0.15, -0.1) is 0 Å². The molecule has 0 bridgehead atoms. The first-order valence-corrected chi connectivity index (χ1v) is 14.8. The number of carbonyl (C=O) groups is 2. The van der Waals surface area contributed by atoms with Gasteiger partial charge in [-0.05, 0) is 63.4 Å². The maximum Gasteiger partial charge on any atom is 0.410 e.